The Kier molecular flexibility index (Phi) is 3.18. The van der Waals surface area contributed by atoms with Gasteiger partial charge in [0, 0.05) is 21.4 Å². The molecule has 1 heterocycles. The Morgan fingerprint density at radius 3 is 3.00 bits per heavy atom. The molecule has 2 rings (SSSR count). The minimum Gasteiger partial charge on any atom is -0.395 e. The monoisotopic (exact) mass is 239 g/mol. The van der Waals surface area contributed by atoms with E-state index in [2.05, 4.69) is 5.32 Å². The molecule has 1 aromatic carbocycles. The number of carbonyl (C=O) groups is 1. The molecule has 2 unspecified atom stereocenters. The van der Waals surface area contributed by atoms with Crippen LogP contribution in [0.15, 0.2) is 23.1 Å². The van der Waals surface area contributed by atoms with Crippen LogP contribution >= 0.6 is 11.8 Å². The van der Waals surface area contributed by atoms with Crippen molar-refractivity contribution in [3.63, 3.8) is 0 Å². The minimum atomic E-state index is -1.05. The molecule has 86 valence electrons. The topological polar surface area (TPSA) is 69.6 Å². The normalized spacial score (nSPS) is 20.4. The zero-order valence-corrected chi connectivity index (χ0v) is 9.62. The van der Waals surface area contributed by atoms with E-state index in [9.17, 15) is 9.90 Å². The van der Waals surface area contributed by atoms with Gasteiger partial charge in [-0.2, -0.15) is 0 Å². The first-order chi connectivity index (χ1) is 7.61. The van der Waals surface area contributed by atoms with E-state index < -0.39 is 6.10 Å². The summed E-state index contributed by atoms with van der Waals surface area (Å²) in [7, 11) is 0. The molecule has 5 heteroatoms. The number of anilines is 1. The number of rotatable bonds is 3. The Labute approximate surface area is 97.7 Å². The Hall–Kier alpha value is -1.04. The Bertz CT molecular complexity index is 422. The van der Waals surface area contributed by atoms with Gasteiger partial charge in [0.05, 0.1) is 6.61 Å². The quantitative estimate of drug-likeness (QED) is 0.692. The molecule has 1 aliphatic rings. The van der Waals surface area contributed by atoms with Crippen LogP contribution in [-0.2, 0) is 4.79 Å². The van der Waals surface area contributed by atoms with Crippen molar-refractivity contribution < 1.29 is 15.0 Å². The third kappa shape index (κ3) is 2.07. The summed E-state index contributed by atoms with van der Waals surface area (Å²) in [5.74, 6) is -0.382. The van der Waals surface area contributed by atoms with Crippen LogP contribution in [0.25, 0.3) is 0 Å². The van der Waals surface area contributed by atoms with Gasteiger partial charge in [-0.25, -0.2) is 0 Å². The van der Waals surface area contributed by atoms with Crippen molar-refractivity contribution in [2.75, 3.05) is 11.9 Å². The predicted octanol–water partition coefficient (Wildman–Crippen LogP) is 1.14. The number of hydrogen-bond donors (Lipinski definition) is 3. The highest BCUT2D eigenvalue weighted by atomic mass is 32.2. The number of aliphatic hydroxyl groups excluding tert-OH is 2. The Balaban J connectivity index is 2.22. The molecule has 0 fully saturated rings. The number of amides is 1. The van der Waals surface area contributed by atoms with Crippen LogP contribution in [0.4, 0.5) is 5.69 Å². The van der Waals surface area contributed by atoms with Crippen LogP contribution < -0.4 is 5.32 Å². The zero-order valence-electron chi connectivity index (χ0n) is 8.80. The average Bonchev–Trinajstić information content (AvgIpc) is 2.54. The molecule has 2 atom stereocenters. The molecule has 4 nitrogen and oxygen atoms in total. The van der Waals surface area contributed by atoms with Crippen molar-refractivity contribution in [3.05, 3.63) is 23.8 Å². The second-order valence-electron chi connectivity index (χ2n) is 3.75. The third-order valence-electron chi connectivity index (χ3n) is 2.42. The number of fused-ring (bicyclic) bond motifs is 1. The first-order valence-electron chi connectivity index (χ1n) is 5.02. The van der Waals surface area contributed by atoms with Crippen LogP contribution in [-0.4, -0.2) is 28.0 Å². The van der Waals surface area contributed by atoms with Crippen molar-refractivity contribution in [2.45, 2.75) is 23.2 Å². The molecule has 0 aliphatic carbocycles. The summed E-state index contributed by atoms with van der Waals surface area (Å²) < 4.78 is 0. The summed E-state index contributed by atoms with van der Waals surface area (Å²) >= 11 is 1.53. The van der Waals surface area contributed by atoms with E-state index in [-0.39, 0.29) is 17.8 Å². The molecule has 0 spiro atoms. The molecule has 0 radical (unpaired) electrons. The van der Waals surface area contributed by atoms with E-state index in [0.717, 1.165) is 4.90 Å². The van der Waals surface area contributed by atoms with Crippen LogP contribution in [0.2, 0.25) is 0 Å². The van der Waals surface area contributed by atoms with Crippen molar-refractivity contribution in [1.29, 1.82) is 0 Å². The third-order valence-corrected chi connectivity index (χ3v) is 3.50. The van der Waals surface area contributed by atoms with Crippen molar-refractivity contribution >= 4 is 23.4 Å². The number of aliphatic hydroxyl groups is 2. The maximum absolute atomic E-state index is 11.2. The fourth-order valence-corrected chi connectivity index (χ4v) is 2.44. The van der Waals surface area contributed by atoms with Gasteiger partial charge in [0.1, 0.15) is 0 Å². The maximum Gasteiger partial charge on any atom is 0.257 e. The van der Waals surface area contributed by atoms with E-state index in [4.69, 9.17) is 5.11 Å². The first-order valence-corrected chi connectivity index (χ1v) is 5.90. The molecule has 1 aliphatic heterocycles. The highest BCUT2D eigenvalue weighted by Gasteiger charge is 2.28. The van der Waals surface area contributed by atoms with Crippen LogP contribution in [0.5, 0.6) is 0 Å². The van der Waals surface area contributed by atoms with E-state index in [1.54, 1.807) is 6.07 Å². The van der Waals surface area contributed by atoms with E-state index in [1.807, 2.05) is 19.1 Å². The van der Waals surface area contributed by atoms with E-state index >= 15 is 0 Å². The lowest BCUT2D eigenvalue weighted by Crippen LogP contribution is -2.10. The standard InChI is InChI=1S/C11H13NO3S/c1-6(5-13)16-7-2-3-8-9(4-7)12-11(15)10(8)14/h2-4,6,10,13-14H,5H2,1H3,(H,12,15). The van der Waals surface area contributed by atoms with Gasteiger partial charge >= 0.3 is 0 Å². The zero-order chi connectivity index (χ0) is 11.7. The minimum absolute atomic E-state index is 0.108. The van der Waals surface area contributed by atoms with E-state index in [0.29, 0.717) is 11.3 Å². The lowest BCUT2D eigenvalue weighted by molar-refractivity contribution is -0.123. The molecule has 16 heavy (non-hydrogen) atoms. The molecule has 3 N–H and O–H groups in total. The van der Waals surface area contributed by atoms with E-state index in [1.165, 1.54) is 11.8 Å². The van der Waals surface area contributed by atoms with Gasteiger partial charge in [-0.3, -0.25) is 4.79 Å². The summed E-state index contributed by atoms with van der Waals surface area (Å²) in [6.45, 7) is 2.03. The molecular formula is C11H13NO3S. The molecule has 1 amide bonds. The van der Waals surface area contributed by atoms with Gasteiger partial charge < -0.3 is 15.5 Å². The smallest absolute Gasteiger partial charge is 0.257 e. The molecule has 0 saturated carbocycles. The number of nitrogens with one attached hydrogen (secondary N) is 1. The van der Waals surface area contributed by atoms with Crippen molar-refractivity contribution in [1.82, 2.24) is 0 Å². The first kappa shape index (κ1) is 11.4. The maximum atomic E-state index is 11.2. The second-order valence-corrected chi connectivity index (χ2v) is 5.26. The van der Waals surface area contributed by atoms with Crippen molar-refractivity contribution in [3.8, 4) is 0 Å². The van der Waals surface area contributed by atoms with Crippen LogP contribution in [0.3, 0.4) is 0 Å². The van der Waals surface area contributed by atoms with Gasteiger partial charge in [0.15, 0.2) is 6.10 Å². The summed E-state index contributed by atoms with van der Waals surface area (Å²) in [6, 6.07) is 5.41. The van der Waals surface area contributed by atoms with Gasteiger partial charge in [-0.05, 0) is 12.1 Å². The van der Waals surface area contributed by atoms with Gasteiger partial charge in [0.25, 0.3) is 5.91 Å². The summed E-state index contributed by atoms with van der Waals surface area (Å²) in [5, 5.41) is 21.2. The summed E-state index contributed by atoms with van der Waals surface area (Å²) in [6.07, 6.45) is -1.05. The molecule has 1 aromatic rings. The average molecular weight is 239 g/mol. The molecular weight excluding hydrogens is 226 g/mol. The fourth-order valence-electron chi connectivity index (χ4n) is 1.57. The molecule has 0 saturated heterocycles. The number of hydrogen-bond acceptors (Lipinski definition) is 4. The molecule has 0 aromatic heterocycles. The number of thioether (sulfide) groups is 1. The Morgan fingerprint density at radius 2 is 2.31 bits per heavy atom. The fraction of sp³-hybridized carbons (Fsp3) is 0.364. The number of carbonyl (C=O) groups excluding carboxylic acids is 1. The lowest BCUT2D eigenvalue weighted by atomic mass is 10.1. The Morgan fingerprint density at radius 1 is 1.56 bits per heavy atom. The van der Waals surface area contributed by atoms with Gasteiger partial charge in [0.2, 0.25) is 0 Å². The van der Waals surface area contributed by atoms with Crippen molar-refractivity contribution in [2.24, 2.45) is 0 Å². The molecule has 0 bridgehead atoms. The highest BCUT2D eigenvalue weighted by Crippen LogP contribution is 2.34. The SMILES string of the molecule is CC(CO)Sc1ccc2c(c1)NC(=O)C2O. The largest absolute Gasteiger partial charge is 0.395 e. The summed E-state index contributed by atoms with van der Waals surface area (Å²) in [5.41, 5.74) is 1.28. The summed E-state index contributed by atoms with van der Waals surface area (Å²) in [4.78, 5) is 12.2. The number of benzene rings is 1. The van der Waals surface area contributed by atoms with Crippen LogP contribution in [0.1, 0.15) is 18.6 Å². The highest BCUT2D eigenvalue weighted by molar-refractivity contribution is 8.00. The van der Waals surface area contributed by atoms with Gasteiger partial charge in [-0.15, -0.1) is 11.8 Å². The second kappa shape index (κ2) is 4.45. The van der Waals surface area contributed by atoms with Gasteiger partial charge in [-0.1, -0.05) is 13.0 Å². The van der Waals surface area contributed by atoms with Crippen LogP contribution in [0, 0.1) is 0 Å². The lowest BCUT2D eigenvalue weighted by Gasteiger charge is -2.08. The predicted molar refractivity (Wildman–Crippen MR) is 62.4 cm³/mol.